The van der Waals surface area contributed by atoms with Gasteiger partial charge in [-0.05, 0) is 17.0 Å². The molecule has 1 aliphatic heterocycles. The zero-order chi connectivity index (χ0) is 15.6. The Balaban J connectivity index is 1.89. The maximum absolute atomic E-state index is 11.2. The van der Waals surface area contributed by atoms with Crippen LogP contribution in [0.5, 0.6) is 5.75 Å². The van der Waals surface area contributed by atoms with Crippen molar-refractivity contribution in [2.45, 2.75) is 26.2 Å². The van der Waals surface area contributed by atoms with E-state index in [1.54, 1.807) is 0 Å². The van der Waals surface area contributed by atoms with Crippen molar-refractivity contribution >= 4 is 11.9 Å². The first kappa shape index (κ1) is 15.4. The van der Waals surface area contributed by atoms with Gasteiger partial charge in [0.05, 0.1) is 6.61 Å². The van der Waals surface area contributed by atoms with Crippen molar-refractivity contribution < 1.29 is 19.4 Å². The van der Waals surface area contributed by atoms with Gasteiger partial charge in [-0.2, -0.15) is 0 Å². The highest BCUT2D eigenvalue weighted by Gasteiger charge is 2.34. The first-order chi connectivity index (χ1) is 9.79. The van der Waals surface area contributed by atoms with E-state index in [9.17, 15) is 9.59 Å². The highest BCUT2D eigenvalue weighted by Crippen LogP contribution is 2.31. The summed E-state index contributed by atoms with van der Waals surface area (Å²) in [5.41, 5.74) is 1.14. The molecule has 1 aromatic carbocycles. The van der Waals surface area contributed by atoms with Crippen LogP contribution < -0.4 is 4.74 Å². The van der Waals surface area contributed by atoms with Crippen LogP contribution in [-0.2, 0) is 15.0 Å². The molecule has 21 heavy (non-hydrogen) atoms. The van der Waals surface area contributed by atoms with Crippen molar-refractivity contribution in [1.82, 2.24) is 4.90 Å². The predicted molar refractivity (Wildman–Crippen MR) is 78.3 cm³/mol. The van der Waals surface area contributed by atoms with Gasteiger partial charge >= 0.3 is 11.9 Å². The molecule has 1 amide bonds. The Kier molecular flexibility index (Phi) is 4.21. The highest BCUT2D eigenvalue weighted by atomic mass is 16.5. The van der Waals surface area contributed by atoms with Gasteiger partial charge in [0, 0.05) is 19.0 Å². The summed E-state index contributed by atoms with van der Waals surface area (Å²) in [5.74, 6) is -1.18. The molecule has 5 nitrogen and oxygen atoms in total. The van der Waals surface area contributed by atoms with Crippen LogP contribution in [0.15, 0.2) is 24.3 Å². The van der Waals surface area contributed by atoms with E-state index < -0.39 is 11.9 Å². The average Bonchev–Trinajstić information content (AvgIpc) is 2.35. The summed E-state index contributed by atoms with van der Waals surface area (Å²) >= 11 is 0. The zero-order valence-corrected chi connectivity index (χ0v) is 12.6. The summed E-state index contributed by atoms with van der Waals surface area (Å²) in [6.07, 6.45) is 0. The third-order valence-corrected chi connectivity index (χ3v) is 3.60. The number of carbonyl (C=O) groups is 2. The van der Waals surface area contributed by atoms with E-state index in [-0.39, 0.29) is 11.3 Å². The number of amides is 1. The van der Waals surface area contributed by atoms with Crippen LogP contribution in [-0.4, -0.2) is 41.6 Å². The molecule has 5 heteroatoms. The standard InChI is InChI=1S/C16H21NO4/c1-16(2,3)12-6-4-5-7-13(12)21-10-11-8-17(9-11)14(18)15(19)20/h4-7,11H,8-10H2,1-3H3,(H,19,20). The number of ether oxygens (including phenoxy) is 1. The second-order valence-electron chi connectivity index (χ2n) is 6.44. The summed E-state index contributed by atoms with van der Waals surface area (Å²) in [5, 5.41) is 8.62. The number of carboxylic acids is 1. The van der Waals surface area contributed by atoms with E-state index in [0.717, 1.165) is 11.3 Å². The fourth-order valence-electron chi connectivity index (χ4n) is 2.40. The van der Waals surface area contributed by atoms with E-state index in [1.165, 1.54) is 4.90 Å². The predicted octanol–water partition coefficient (Wildman–Crippen LogP) is 1.91. The molecule has 2 rings (SSSR count). The molecule has 0 aliphatic carbocycles. The van der Waals surface area contributed by atoms with Crippen molar-refractivity contribution in [3.8, 4) is 5.75 Å². The van der Waals surface area contributed by atoms with Crippen molar-refractivity contribution in [3.05, 3.63) is 29.8 Å². The van der Waals surface area contributed by atoms with E-state index in [2.05, 4.69) is 26.8 Å². The molecule has 1 N–H and O–H groups in total. The number of hydrogen-bond acceptors (Lipinski definition) is 3. The topological polar surface area (TPSA) is 66.8 Å². The van der Waals surface area contributed by atoms with Crippen LogP contribution >= 0.6 is 0 Å². The van der Waals surface area contributed by atoms with Crippen LogP contribution in [0.1, 0.15) is 26.3 Å². The van der Waals surface area contributed by atoms with Gasteiger partial charge in [0.2, 0.25) is 0 Å². The lowest BCUT2D eigenvalue weighted by Crippen LogP contribution is -2.54. The fraction of sp³-hybridized carbons (Fsp3) is 0.500. The third-order valence-electron chi connectivity index (χ3n) is 3.60. The maximum atomic E-state index is 11.2. The Morgan fingerprint density at radius 1 is 1.29 bits per heavy atom. The largest absolute Gasteiger partial charge is 0.493 e. The maximum Gasteiger partial charge on any atom is 0.394 e. The first-order valence-corrected chi connectivity index (χ1v) is 7.03. The van der Waals surface area contributed by atoms with Gasteiger partial charge in [-0.15, -0.1) is 0 Å². The molecule has 1 aromatic rings. The molecule has 1 fully saturated rings. The monoisotopic (exact) mass is 291 g/mol. The van der Waals surface area contributed by atoms with Gasteiger partial charge in [0.1, 0.15) is 5.75 Å². The van der Waals surface area contributed by atoms with E-state index in [4.69, 9.17) is 9.84 Å². The van der Waals surface area contributed by atoms with E-state index >= 15 is 0 Å². The molecule has 0 bridgehead atoms. The van der Waals surface area contributed by atoms with Gasteiger partial charge in [-0.25, -0.2) is 4.79 Å². The molecule has 0 aromatic heterocycles. The quantitative estimate of drug-likeness (QED) is 0.864. The number of para-hydroxylation sites is 1. The summed E-state index contributed by atoms with van der Waals surface area (Å²) in [7, 11) is 0. The van der Waals surface area contributed by atoms with Gasteiger partial charge < -0.3 is 14.7 Å². The van der Waals surface area contributed by atoms with Crippen LogP contribution in [0.3, 0.4) is 0 Å². The number of carboxylic acid groups (broad SMARTS) is 1. The smallest absolute Gasteiger partial charge is 0.394 e. The van der Waals surface area contributed by atoms with Crippen LogP contribution in [0.25, 0.3) is 0 Å². The average molecular weight is 291 g/mol. The zero-order valence-electron chi connectivity index (χ0n) is 12.6. The molecule has 0 saturated carbocycles. The van der Waals surface area contributed by atoms with Crippen molar-refractivity contribution in [2.75, 3.05) is 19.7 Å². The highest BCUT2D eigenvalue weighted by molar-refractivity contribution is 6.31. The number of nitrogens with zero attached hydrogens (tertiary/aromatic N) is 1. The molecule has 0 unspecified atom stereocenters. The van der Waals surface area contributed by atoms with Crippen LogP contribution in [0.2, 0.25) is 0 Å². The molecule has 0 spiro atoms. The van der Waals surface area contributed by atoms with Crippen molar-refractivity contribution in [2.24, 2.45) is 5.92 Å². The lowest BCUT2D eigenvalue weighted by Gasteiger charge is -2.38. The summed E-state index contributed by atoms with van der Waals surface area (Å²) < 4.78 is 5.87. The Labute approximate surface area is 124 Å². The minimum absolute atomic E-state index is 0.00150. The number of carbonyl (C=O) groups excluding carboxylic acids is 1. The SMILES string of the molecule is CC(C)(C)c1ccccc1OCC1CN(C(=O)C(=O)O)C1. The Hall–Kier alpha value is -2.04. The van der Waals surface area contributed by atoms with Gasteiger partial charge in [0.25, 0.3) is 0 Å². The molecule has 0 radical (unpaired) electrons. The minimum Gasteiger partial charge on any atom is -0.493 e. The second-order valence-corrected chi connectivity index (χ2v) is 6.44. The summed E-state index contributed by atoms with van der Waals surface area (Å²) in [6.45, 7) is 7.78. The Bertz CT molecular complexity index is 541. The molecule has 1 aliphatic rings. The van der Waals surface area contributed by atoms with Crippen LogP contribution in [0, 0.1) is 5.92 Å². The lowest BCUT2D eigenvalue weighted by molar-refractivity contribution is -0.159. The van der Waals surface area contributed by atoms with E-state index in [1.807, 2.05) is 18.2 Å². The molecule has 1 heterocycles. The number of benzene rings is 1. The second kappa shape index (κ2) is 5.76. The molecular formula is C16H21NO4. The van der Waals surface area contributed by atoms with Crippen molar-refractivity contribution in [3.63, 3.8) is 0 Å². The van der Waals surface area contributed by atoms with Crippen LogP contribution in [0.4, 0.5) is 0 Å². The molecule has 0 atom stereocenters. The fourth-order valence-corrected chi connectivity index (χ4v) is 2.40. The normalized spacial score (nSPS) is 15.5. The minimum atomic E-state index is -1.40. The summed E-state index contributed by atoms with van der Waals surface area (Å²) in [4.78, 5) is 23.1. The number of likely N-dealkylation sites (tertiary alicyclic amines) is 1. The third kappa shape index (κ3) is 3.54. The molecule has 114 valence electrons. The molecule has 1 saturated heterocycles. The molecular weight excluding hydrogens is 270 g/mol. The van der Waals surface area contributed by atoms with Gasteiger partial charge in [-0.3, -0.25) is 4.79 Å². The summed E-state index contributed by atoms with van der Waals surface area (Å²) in [6, 6.07) is 7.92. The van der Waals surface area contributed by atoms with E-state index in [0.29, 0.717) is 19.7 Å². The number of rotatable bonds is 3. The Morgan fingerprint density at radius 3 is 2.48 bits per heavy atom. The Morgan fingerprint density at radius 2 is 1.90 bits per heavy atom. The van der Waals surface area contributed by atoms with Crippen molar-refractivity contribution in [1.29, 1.82) is 0 Å². The number of aliphatic carboxylic acids is 1. The first-order valence-electron chi connectivity index (χ1n) is 7.03. The number of hydrogen-bond donors (Lipinski definition) is 1. The van der Waals surface area contributed by atoms with Gasteiger partial charge in [-0.1, -0.05) is 39.0 Å². The lowest BCUT2D eigenvalue weighted by atomic mass is 9.86. The van der Waals surface area contributed by atoms with Gasteiger partial charge in [0.15, 0.2) is 0 Å².